The van der Waals surface area contributed by atoms with Gasteiger partial charge in [0.25, 0.3) is 0 Å². The molecule has 0 aliphatic carbocycles. The molecule has 4 aromatic carbocycles. The smallest absolute Gasteiger partial charge is 0.235 e. The Bertz CT molecular complexity index is 1660. The fourth-order valence-electron chi connectivity index (χ4n) is 4.01. The summed E-state index contributed by atoms with van der Waals surface area (Å²) in [4.78, 5) is 48.6. The molecule has 0 saturated heterocycles. The maximum absolute atomic E-state index is 14.0. The van der Waals surface area contributed by atoms with Gasteiger partial charge in [-0.1, -0.05) is 70.3 Å². The lowest BCUT2D eigenvalue weighted by Gasteiger charge is -2.13. The molecule has 0 saturated carbocycles. The van der Waals surface area contributed by atoms with Crippen LogP contribution < -0.4 is 20.1 Å². The number of methoxy groups -OCH3 is 2. The minimum atomic E-state index is -0.709. The zero-order valence-corrected chi connectivity index (χ0v) is 27.8. The Labute approximate surface area is 282 Å². The number of carbonyl (C=O) groups excluding carboxylic acids is 4. The van der Waals surface area contributed by atoms with Gasteiger partial charge in [0.15, 0.2) is 34.7 Å². The van der Waals surface area contributed by atoms with Crippen molar-refractivity contribution in [2.75, 3.05) is 30.2 Å². The molecule has 0 aliphatic rings. The number of rotatable bonds is 10. The van der Waals surface area contributed by atoms with E-state index in [1.54, 1.807) is 43.3 Å². The average molecular weight is 736 g/mol. The molecule has 0 heterocycles. The zero-order valence-electron chi connectivity index (χ0n) is 24.7. The lowest BCUT2D eigenvalue weighted by Crippen LogP contribution is -2.16. The molecule has 0 atom stereocenters. The molecule has 0 radical (unpaired) electrons. The van der Waals surface area contributed by atoms with Gasteiger partial charge in [-0.2, -0.15) is 0 Å². The molecule has 0 fully saturated rings. The van der Waals surface area contributed by atoms with Crippen molar-refractivity contribution in [3.63, 3.8) is 0 Å². The van der Waals surface area contributed by atoms with Crippen LogP contribution in [0.15, 0.2) is 72.8 Å². The largest absolute Gasteiger partial charge is 0.494 e. The van der Waals surface area contributed by atoms with E-state index in [0.29, 0.717) is 0 Å². The molecule has 0 aromatic heterocycles. The second kappa shape index (κ2) is 16.8. The van der Waals surface area contributed by atoms with Crippen molar-refractivity contribution in [1.82, 2.24) is 0 Å². The number of hydrogen-bond donors (Lipinski definition) is 2. The predicted molar refractivity (Wildman–Crippen MR) is 177 cm³/mol. The molecule has 0 aliphatic heterocycles. The molecule has 0 unspecified atom stereocenters. The van der Waals surface area contributed by atoms with Crippen molar-refractivity contribution < 1.29 is 37.4 Å². The molecule has 8 nitrogen and oxygen atoms in total. The van der Waals surface area contributed by atoms with Crippen LogP contribution in [-0.2, 0) is 9.59 Å². The third kappa shape index (κ3) is 8.90. The molecule has 4 rings (SSSR count). The van der Waals surface area contributed by atoms with E-state index in [1.165, 1.54) is 38.5 Å². The number of anilines is 2. The fraction of sp³-hybridized carbons (Fsp3) is 0.152. The van der Waals surface area contributed by atoms with E-state index in [4.69, 9.17) is 32.7 Å². The summed E-state index contributed by atoms with van der Waals surface area (Å²) in [6.45, 7) is 1.67. The van der Waals surface area contributed by atoms with Gasteiger partial charge < -0.3 is 20.1 Å². The van der Waals surface area contributed by atoms with Crippen molar-refractivity contribution >= 4 is 73.9 Å². The van der Waals surface area contributed by atoms with E-state index in [2.05, 4.69) is 26.6 Å². The van der Waals surface area contributed by atoms with E-state index in [0.717, 1.165) is 12.1 Å². The van der Waals surface area contributed by atoms with Crippen LogP contribution in [0.25, 0.3) is 0 Å². The lowest BCUT2D eigenvalue weighted by molar-refractivity contribution is -0.116. The second-order valence-electron chi connectivity index (χ2n) is 9.27. The normalized spacial score (nSPS) is 10.3. The van der Waals surface area contributed by atoms with Crippen LogP contribution in [0.4, 0.5) is 20.2 Å². The Kier molecular flexibility index (Phi) is 13.2. The van der Waals surface area contributed by atoms with Crippen molar-refractivity contribution in [3.8, 4) is 11.5 Å². The van der Waals surface area contributed by atoms with Gasteiger partial charge in [-0.05, 0) is 36.4 Å². The first-order chi connectivity index (χ1) is 21.9. The molecule has 2 N–H and O–H groups in total. The Hall–Kier alpha value is -4.32. The molecule has 2 amide bonds. The minimum Gasteiger partial charge on any atom is -0.494 e. The molecular weight excluding hydrogens is 709 g/mol. The van der Waals surface area contributed by atoms with Crippen molar-refractivity contribution in [2.24, 2.45) is 0 Å². The van der Waals surface area contributed by atoms with Gasteiger partial charge in [0.1, 0.15) is 0 Å². The van der Waals surface area contributed by atoms with Crippen LogP contribution in [0.1, 0.15) is 45.2 Å². The molecule has 0 spiro atoms. The summed E-state index contributed by atoms with van der Waals surface area (Å²) in [5.41, 5.74) is 0.778. The minimum absolute atomic E-state index is 0.00861. The summed E-state index contributed by atoms with van der Waals surface area (Å²) in [6, 6.07) is 17.5. The summed E-state index contributed by atoms with van der Waals surface area (Å²) in [6.07, 6.45) is 0.222. The van der Waals surface area contributed by atoms with Gasteiger partial charge in [0.2, 0.25) is 11.8 Å². The van der Waals surface area contributed by atoms with Crippen molar-refractivity contribution in [2.45, 2.75) is 13.3 Å². The molecule has 0 bridgehead atoms. The maximum Gasteiger partial charge on any atom is 0.235 e. The van der Waals surface area contributed by atoms with E-state index in [9.17, 15) is 28.0 Å². The van der Waals surface area contributed by atoms with E-state index < -0.39 is 23.2 Å². The van der Waals surface area contributed by atoms with Gasteiger partial charge in [-0.3, -0.25) is 19.2 Å². The summed E-state index contributed by atoms with van der Waals surface area (Å²) in [5, 5.41) is 5.65. The maximum atomic E-state index is 14.0. The monoisotopic (exact) mass is 734 g/mol. The van der Waals surface area contributed by atoms with Crippen LogP contribution >= 0.6 is 39.1 Å². The highest BCUT2D eigenvalue weighted by atomic mass is 79.9. The Morgan fingerprint density at radius 1 is 0.674 bits per heavy atom. The van der Waals surface area contributed by atoms with Gasteiger partial charge >= 0.3 is 0 Å². The first-order valence-electron chi connectivity index (χ1n) is 13.4. The van der Waals surface area contributed by atoms with Gasteiger partial charge in [-0.15, -0.1) is 0 Å². The number of alkyl halides is 1. The molecule has 240 valence electrons. The van der Waals surface area contributed by atoms with E-state index in [1.807, 2.05) is 0 Å². The first-order valence-corrected chi connectivity index (χ1v) is 15.3. The number of carbonyl (C=O) groups is 4. The Balaban J connectivity index is 0.000000250. The third-order valence-electron chi connectivity index (χ3n) is 6.30. The number of halogens is 5. The summed E-state index contributed by atoms with van der Waals surface area (Å²) in [5.74, 6) is -3.21. The Morgan fingerprint density at radius 3 is 1.41 bits per heavy atom. The third-order valence-corrected chi connectivity index (χ3v) is 7.47. The first kappa shape index (κ1) is 36.2. The lowest BCUT2D eigenvalue weighted by atomic mass is 10.0. The van der Waals surface area contributed by atoms with Crippen LogP contribution in [0.2, 0.25) is 10.0 Å². The van der Waals surface area contributed by atoms with Crippen molar-refractivity contribution in [3.05, 3.63) is 117 Å². The highest BCUT2D eigenvalue weighted by Gasteiger charge is 2.22. The number of benzene rings is 4. The van der Waals surface area contributed by atoms with Crippen LogP contribution in [0, 0.1) is 11.6 Å². The number of amides is 2. The average Bonchev–Trinajstić information content (AvgIpc) is 3.05. The highest BCUT2D eigenvalue weighted by Crippen LogP contribution is 2.31. The Morgan fingerprint density at radius 2 is 1.07 bits per heavy atom. The van der Waals surface area contributed by atoms with Crippen molar-refractivity contribution in [1.29, 1.82) is 0 Å². The molecule has 4 aromatic rings. The van der Waals surface area contributed by atoms with Crippen LogP contribution in [0.5, 0.6) is 11.5 Å². The topological polar surface area (TPSA) is 111 Å². The van der Waals surface area contributed by atoms with E-state index >= 15 is 0 Å². The van der Waals surface area contributed by atoms with Gasteiger partial charge in [0.05, 0.1) is 41.0 Å². The van der Waals surface area contributed by atoms with Gasteiger partial charge in [-0.25, -0.2) is 8.78 Å². The summed E-state index contributed by atoms with van der Waals surface area (Å²) < 4.78 is 37.8. The standard InChI is InChI=1S/C17H15ClFNO3.C16H12BrClFNO3/c1-3-16(21)20-14-9-15(23-2)13(19)8-11(14)17(22)10-6-4-5-7-12(10)18;1-23-14-7-13(20-15(21)8-17)10(6-12(14)19)16(22)9-4-2-3-5-11(9)18/h4-9H,3H2,1-2H3,(H,20,21);2-7H,8H2,1H3,(H,20,21). The van der Waals surface area contributed by atoms with Crippen LogP contribution in [-0.4, -0.2) is 42.9 Å². The summed E-state index contributed by atoms with van der Waals surface area (Å²) >= 11 is 15.1. The van der Waals surface area contributed by atoms with Crippen LogP contribution in [0.3, 0.4) is 0 Å². The second-order valence-corrected chi connectivity index (χ2v) is 10.6. The number of ether oxygens (including phenoxy) is 2. The summed E-state index contributed by atoms with van der Waals surface area (Å²) in [7, 11) is 2.60. The number of ketones is 2. The number of hydrogen-bond acceptors (Lipinski definition) is 6. The zero-order chi connectivity index (χ0) is 34.0. The number of nitrogens with one attached hydrogen (secondary N) is 2. The predicted octanol–water partition coefficient (Wildman–Crippen LogP) is 8.12. The molecule has 13 heteroatoms. The highest BCUT2D eigenvalue weighted by molar-refractivity contribution is 9.09. The fourth-order valence-corrected chi connectivity index (χ4v) is 4.59. The van der Waals surface area contributed by atoms with E-state index in [-0.39, 0.29) is 78.7 Å². The molecular formula is C33H27BrCl2F2N2O6. The quantitative estimate of drug-likeness (QED) is 0.126. The van der Waals surface area contributed by atoms with Gasteiger partial charge in [0, 0.05) is 40.8 Å². The molecule has 46 heavy (non-hydrogen) atoms. The SMILES string of the molecule is CCC(=O)Nc1cc(OC)c(F)cc1C(=O)c1ccccc1Cl.COc1cc(NC(=O)CBr)c(C(=O)c2ccccc2Cl)cc1F.